The van der Waals surface area contributed by atoms with Gasteiger partial charge < -0.3 is 15.4 Å². The minimum absolute atomic E-state index is 0.0773. The second-order valence-electron chi connectivity index (χ2n) is 5.00. The van der Waals surface area contributed by atoms with Crippen molar-refractivity contribution in [3.63, 3.8) is 0 Å². The van der Waals surface area contributed by atoms with Gasteiger partial charge in [0.1, 0.15) is 5.69 Å². The summed E-state index contributed by atoms with van der Waals surface area (Å²) in [7, 11) is 1.51. The lowest BCUT2D eigenvalue weighted by Crippen LogP contribution is -2.27. The molecule has 9 heteroatoms. The van der Waals surface area contributed by atoms with E-state index in [9.17, 15) is 18.0 Å². The maximum Gasteiger partial charge on any atom is 0.416 e. The lowest BCUT2D eigenvalue weighted by Gasteiger charge is -2.13. The number of alkyl halides is 3. The molecule has 0 bridgehead atoms. The maximum atomic E-state index is 12.8. The standard InChI is InChI=1S/C16H15ClF3N3O2/c1-25-7-6-22-15(24)14-9-11(4-5-21-14)23-13-8-10(16(18,19)20)2-3-12(13)17/h2-5,8-9H,6-7H2,1H3,(H,21,23)(H,22,24). The molecular weight excluding hydrogens is 359 g/mol. The first kappa shape index (κ1) is 19.0. The van der Waals surface area contributed by atoms with Gasteiger partial charge in [0, 0.05) is 25.5 Å². The number of nitrogens with zero attached hydrogens (tertiary/aromatic N) is 1. The Hall–Kier alpha value is -2.32. The van der Waals surface area contributed by atoms with Gasteiger partial charge in [-0.3, -0.25) is 9.78 Å². The number of amides is 1. The number of halogens is 4. The van der Waals surface area contributed by atoms with Gasteiger partial charge in [0.05, 0.1) is 22.9 Å². The Morgan fingerprint density at radius 3 is 2.72 bits per heavy atom. The number of hydrogen-bond donors (Lipinski definition) is 2. The first-order valence-corrected chi connectivity index (χ1v) is 7.56. The highest BCUT2D eigenvalue weighted by Crippen LogP contribution is 2.34. The van der Waals surface area contributed by atoms with Crippen LogP contribution < -0.4 is 10.6 Å². The van der Waals surface area contributed by atoms with E-state index < -0.39 is 17.6 Å². The first-order valence-electron chi connectivity index (χ1n) is 7.18. The average Bonchev–Trinajstić information content (AvgIpc) is 2.56. The molecule has 1 aromatic carbocycles. The molecule has 2 N–H and O–H groups in total. The van der Waals surface area contributed by atoms with E-state index in [-0.39, 0.29) is 16.4 Å². The molecule has 1 heterocycles. The monoisotopic (exact) mass is 373 g/mol. The molecule has 0 saturated carbocycles. The normalized spacial score (nSPS) is 11.2. The van der Waals surface area contributed by atoms with Crippen molar-refractivity contribution < 1.29 is 22.7 Å². The number of methoxy groups -OCH3 is 1. The Morgan fingerprint density at radius 2 is 2.04 bits per heavy atom. The van der Waals surface area contributed by atoms with E-state index in [0.717, 1.165) is 18.2 Å². The van der Waals surface area contributed by atoms with E-state index in [2.05, 4.69) is 15.6 Å². The van der Waals surface area contributed by atoms with Crippen LogP contribution in [0.5, 0.6) is 0 Å². The van der Waals surface area contributed by atoms with Crippen molar-refractivity contribution in [1.82, 2.24) is 10.3 Å². The van der Waals surface area contributed by atoms with Gasteiger partial charge in [0.2, 0.25) is 0 Å². The van der Waals surface area contributed by atoms with Crippen molar-refractivity contribution in [2.24, 2.45) is 0 Å². The van der Waals surface area contributed by atoms with Crippen molar-refractivity contribution >= 4 is 28.9 Å². The van der Waals surface area contributed by atoms with Crippen molar-refractivity contribution in [3.8, 4) is 0 Å². The second kappa shape index (κ2) is 8.17. The summed E-state index contributed by atoms with van der Waals surface area (Å²) in [4.78, 5) is 15.9. The van der Waals surface area contributed by atoms with Crippen LogP contribution in [0.15, 0.2) is 36.5 Å². The molecule has 0 aliphatic carbocycles. The lowest BCUT2D eigenvalue weighted by molar-refractivity contribution is -0.137. The molecule has 2 aromatic rings. The molecule has 0 aliphatic heterocycles. The molecule has 5 nitrogen and oxygen atoms in total. The summed E-state index contributed by atoms with van der Waals surface area (Å²) >= 11 is 5.94. The van der Waals surface area contributed by atoms with Crippen molar-refractivity contribution in [2.75, 3.05) is 25.6 Å². The molecule has 25 heavy (non-hydrogen) atoms. The number of aromatic nitrogens is 1. The van der Waals surface area contributed by atoms with Crippen LogP contribution in [-0.2, 0) is 10.9 Å². The summed E-state index contributed by atoms with van der Waals surface area (Å²) in [6, 6.07) is 5.89. The summed E-state index contributed by atoms with van der Waals surface area (Å²) in [5.74, 6) is -0.421. The van der Waals surface area contributed by atoms with Crippen molar-refractivity contribution in [3.05, 3.63) is 52.8 Å². The smallest absolute Gasteiger partial charge is 0.383 e. The Kier molecular flexibility index (Phi) is 6.22. The van der Waals surface area contributed by atoms with Crippen molar-refractivity contribution in [1.29, 1.82) is 0 Å². The zero-order chi connectivity index (χ0) is 18.4. The van der Waals surface area contributed by atoms with Gasteiger partial charge in [0.25, 0.3) is 5.91 Å². The Labute approximate surface area is 147 Å². The number of hydrogen-bond acceptors (Lipinski definition) is 4. The quantitative estimate of drug-likeness (QED) is 0.754. The fourth-order valence-electron chi connectivity index (χ4n) is 1.94. The first-order chi connectivity index (χ1) is 11.8. The molecule has 134 valence electrons. The molecule has 0 radical (unpaired) electrons. The summed E-state index contributed by atoms with van der Waals surface area (Å²) in [6.07, 6.45) is -3.11. The van der Waals surface area contributed by atoms with E-state index in [0.29, 0.717) is 18.8 Å². The number of pyridine rings is 1. The maximum absolute atomic E-state index is 12.8. The average molecular weight is 374 g/mol. The fraction of sp³-hybridized carbons (Fsp3) is 0.250. The van der Waals surface area contributed by atoms with Crippen LogP contribution >= 0.6 is 11.6 Å². The predicted octanol–water partition coefficient (Wildman–Crippen LogP) is 3.87. The van der Waals surface area contributed by atoms with Gasteiger partial charge in [-0.1, -0.05) is 11.6 Å². The van der Waals surface area contributed by atoms with Crippen LogP contribution in [-0.4, -0.2) is 31.2 Å². The molecule has 1 amide bonds. The summed E-state index contributed by atoms with van der Waals surface area (Å²) in [6.45, 7) is 0.664. The van der Waals surface area contributed by atoms with Crippen molar-refractivity contribution in [2.45, 2.75) is 6.18 Å². The topological polar surface area (TPSA) is 63.2 Å². The van der Waals surface area contributed by atoms with Crippen LogP contribution in [0.1, 0.15) is 16.1 Å². The van der Waals surface area contributed by atoms with E-state index in [4.69, 9.17) is 16.3 Å². The highest BCUT2D eigenvalue weighted by molar-refractivity contribution is 6.33. The molecule has 0 aliphatic rings. The third-order valence-corrected chi connectivity index (χ3v) is 3.49. The van der Waals surface area contributed by atoms with Gasteiger partial charge in [-0.25, -0.2) is 0 Å². The van der Waals surface area contributed by atoms with E-state index >= 15 is 0 Å². The molecule has 0 unspecified atom stereocenters. The number of nitrogens with one attached hydrogen (secondary N) is 2. The molecular formula is C16H15ClF3N3O2. The number of anilines is 2. The Bertz CT molecular complexity index is 754. The van der Waals surface area contributed by atoms with E-state index in [1.807, 2.05) is 0 Å². The van der Waals surface area contributed by atoms with Gasteiger partial charge in [-0.2, -0.15) is 13.2 Å². The summed E-state index contributed by atoms with van der Waals surface area (Å²) in [5, 5.41) is 5.49. The van der Waals surface area contributed by atoms with Gasteiger partial charge in [-0.15, -0.1) is 0 Å². The lowest BCUT2D eigenvalue weighted by atomic mass is 10.2. The molecule has 1 aromatic heterocycles. The number of carbonyl (C=O) groups is 1. The van der Waals surface area contributed by atoms with Crippen LogP contribution in [0, 0.1) is 0 Å². The highest BCUT2D eigenvalue weighted by atomic mass is 35.5. The highest BCUT2D eigenvalue weighted by Gasteiger charge is 2.31. The third kappa shape index (κ3) is 5.33. The molecule has 2 rings (SSSR count). The number of rotatable bonds is 6. The summed E-state index contributed by atoms with van der Waals surface area (Å²) < 4.78 is 43.3. The van der Waals surface area contributed by atoms with Crippen LogP contribution in [0.3, 0.4) is 0 Å². The summed E-state index contributed by atoms with van der Waals surface area (Å²) in [5.41, 5.74) is -0.253. The number of carbonyl (C=O) groups excluding carboxylic acids is 1. The van der Waals surface area contributed by atoms with Gasteiger partial charge in [-0.05, 0) is 30.3 Å². The minimum atomic E-state index is -4.48. The number of ether oxygens (including phenoxy) is 1. The third-order valence-electron chi connectivity index (χ3n) is 3.16. The van der Waals surface area contributed by atoms with Crippen LogP contribution in [0.25, 0.3) is 0 Å². The largest absolute Gasteiger partial charge is 0.416 e. The molecule has 0 atom stereocenters. The van der Waals surface area contributed by atoms with Crippen LogP contribution in [0.4, 0.5) is 24.5 Å². The SMILES string of the molecule is COCCNC(=O)c1cc(Nc2cc(C(F)(F)F)ccc2Cl)ccn1. The second-order valence-corrected chi connectivity index (χ2v) is 5.40. The number of benzene rings is 1. The van der Waals surface area contributed by atoms with E-state index in [1.54, 1.807) is 0 Å². The van der Waals surface area contributed by atoms with Crippen LogP contribution in [0.2, 0.25) is 5.02 Å². The predicted molar refractivity (Wildman–Crippen MR) is 88.2 cm³/mol. The molecule has 0 fully saturated rings. The Balaban J connectivity index is 2.18. The molecule has 0 spiro atoms. The zero-order valence-corrected chi connectivity index (χ0v) is 13.9. The van der Waals surface area contributed by atoms with E-state index in [1.165, 1.54) is 25.4 Å². The van der Waals surface area contributed by atoms with Gasteiger partial charge in [0.15, 0.2) is 0 Å². The Morgan fingerprint density at radius 1 is 1.28 bits per heavy atom. The molecule has 0 saturated heterocycles. The zero-order valence-electron chi connectivity index (χ0n) is 13.2. The minimum Gasteiger partial charge on any atom is -0.383 e. The fourth-order valence-corrected chi connectivity index (χ4v) is 2.11. The van der Waals surface area contributed by atoms with Gasteiger partial charge >= 0.3 is 6.18 Å².